The van der Waals surface area contributed by atoms with Crippen LogP contribution in [0.3, 0.4) is 0 Å². The summed E-state index contributed by atoms with van der Waals surface area (Å²) in [5.41, 5.74) is 2.05. The first-order chi connectivity index (χ1) is 13.6. The number of Topliss-reactive ketones (excluding diaryl/α,β-unsaturated/α-hetero) is 1. The largest absolute Gasteiger partial charge is 0.497 e. The normalized spacial score (nSPS) is 18.0. The third-order valence-corrected chi connectivity index (χ3v) is 6.88. The van der Waals surface area contributed by atoms with E-state index in [1.807, 2.05) is 29.2 Å². The number of fused-ring (bicyclic) bond motifs is 1. The lowest BCUT2D eigenvalue weighted by Crippen LogP contribution is -2.45. The van der Waals surface area contributed by atoms with E-state index >= 15 is 0 Å². The maximum absolute atomic E-state index is 12.7. The van der Waals surface area contributed by atoms with E-state index in [0.717, 1.165) is 56.8 Å². The zero-order valence-electron chi connectivity index (χ0n) is 16.2. The van der Waals surface area contributed by atoms with Crippen molar-refractivity contribution in [3.63, 3.8) is 0 Å². The number of thiophene rings is 1. The number of carbonyl (C=O) groups excluding carboxylic acids is 2. The molecule has 1 fully saturated rings. The van der Waals surface area contributed by atoms with Crippen molar-refractivity contribution in [2.75, 3.05) is 33.3 Å². The standard InChI is InChI=1S/C22H26N2O3S/c1-27-19-4-2-16(3-5-19)22(26)17-6-10-23(11-7-17)15-21(25)24-12-8-20-18(14-24)9-13-28-20/h2-5,9,13,17H,6-8,10-12,14-15H2,1H3. The van der Waals surface area contributed by atoms with Gasteiger partial charge in [-0.05, 0) is 73.6 Å². The highest BCUT2D eigenvalue weighted by atomic mass is 32.1. The highest BCUT2D eigenvalue weighted by Crippen LogP contribution is 2.25. The lowest BCUT2D eigenvalue weighted by atomic mass is 9.89. The second-order valence-electron chi connectivity index (χ2n) is 7.58. The van der Waals surface area contributed by atoms with Gasteiger partial charge >= 0.3 is 0 Å². The number of nitrogens with zero attached hydrogens (tertiary/aromatic N) is 2. The summed E-state index contributed by atoms with van der Waals surface area (Å²) in [6.45, 7) is 3.62. The van der Waals surface area contributed by atoms with Crippen LogP contribution < -0.4 is 4.74 Å². The Balaban J connectivity index is 1.27. The molecular weight excluding hydrogens is 372 g/mol. The average molecular weight is 399 g/mol. The Kier molecular flexibility index (Phi) is 5.78. The van der Waals surface area contributed by atoms with E-state index in [1.165, 1.54) is 10.4 Å². The van der Waals surface area contributed by atoms with Crippen LogP contribution in [0.1, 0.15) is 33.6 Å². The molecule has 0 radical (unpaired) electrons. The van der Waals surface area contributed by atoms with Gasteiger partial charge < -0.3 is 9.64 Å². The molecule has 3 heterocycles. The molecule has 1 aromatic carbocycles. The summed E-state index contributed by atoms with van der Waals surface area (Å²) in [7, 11) is 1.62. The molecule has 0 unspecified atom stereocenters. The molecule has 2 aromatic rings. The Morgan fingerprint density at radius 3 is 2.57 bits per heavy atom. The van der Waals surface area contributed by atoms with E-state index in [-0.39, 0.29) is 17.6 Å². The first-order valence-corrected chi connectivity index (χ1v) is 10.8. The minimum absolute atomic E-state index is 0.0445. The topological polar surface area (TPSA) is 49.9 Å². The summed E-state index contributed by atoms with van der Waals surface area (Å²) in [5, 5.41) is 2.11. The summed E-state index contributed by atoms with van der Waals surface area (Å²) in [6, 6.07) is 9.48. The lowest BCUT2D eigenvalue weighted by molar-refractivity contribution is -0.133. The molecule has 5 nitrogen and oxygen atoms in total. The van der Waals surface area contributed by atoms with Crippen LogP contribution >= 0.6 is 11.3 Å². The molecule has 0 N–H and O–H groups in total. The van der Waals surface area contributed by atoms with E-state index < -0.39 is 0 Å². The van der Waals surface area contributed by atoms with Gasteiger partial charge in [0.1, 0.15) is 5.75 Å². The van der Waals surface area contributed by atoms with Crippen molar-refractivity contribution in [1.82, 2.24) is 9.80 Å². The monoisotopic (exact) mass is 398 g/mol. The molecule has 28 heavy (non-hydrogen) atoms. The molecule has 0 spiro atoms. The van der Waals surface area contributed by atoms with Crippen molar-refractivity contribution in [3.05, 3.63) is 51.7 Å². The molecule has 1 saturated heterocycles. The van der Waals surface area contributed by atoms with Crippen molar-refractivity contribution < 1.29 is 14.3 Å². The molecule has 0 saturated carbocycles. The van der Waals surface area contributed by atoms with Crippen LogP contribution in [0.4, 0.5) is 0 Å². The van der Waals surface area contributed by atoms with E-state index in [9.17, 15) is 9.59 Å². The highest BCUT2D eigenvalue weighted by Gasteiger charge is 2.28. The van der Waals surface area contributed by atoms with Crippen LogP contribution in [-0.4, -0.2) is 54.8 Å². The smallest absolute Gasteiger partial charge is 0.237 e. The summed E-state index contributed by atoms with van der Waals surface area (Å²) in [4.78, 5) is 31.0. The summed E-state index contributed by atoms with van der Waals surface area (Å²) < 4.78 is 5.16. The predicted octanol–water partition coefficient (Wildman–Crippen LogP) is 3.24. The number of likely N-dealkylation sites (tertiary alicyclic amines) is 1. The van der Waals surface area contributed by atoms with Gasteiger partial charge in [0.25, 0.3) is 0 Å². The average Bonchev–Trinajstić information content (AvgIpc) is 3.22. The summed E-state index contributed by atoms with van der Waals surface area (Å²) in [5.74, 6) is 1.21. The number of rotatable bonds is 5. The number of ether oxygens (including phenoxy) is 1. The first-order valence-electron chi connectivity index (χ1n) is 9.87. The quantitative estimate of drug-likeness (QED) is 0.726. The maximum atomic E-state index is 12.7. The van der Waals surface area contributed by atoms with Crippen LogP contribution in [0, 0.1) is 5.92 Å². The fourth-order valence-corrected chi connectivity index (χ4v) is 4.99. The van der Waals surface area contributed by atoms with Gasteiger partial charge in [0.2, 0.25) is 5.91 Å². The Labute approximate surface area is 169 Å². The molecule has 4 rings (SSSR count). The molecule has 2 aliphatic heterocycles. The van der Waals surface area contributed by atoms with Crippen molar-refractivity contribution in [3.8, 4) is 5.75 Å². The molecule has 148 valence electrons. The molecule has 0 bridgehead atoms. The number of amides is 1. The van der Waals surface area contributed by atoms with Gasteiger partial charge in [-0.3, -0.25) is 14.5 Å². The third-order valence-electron chi connectivity index (χ3n) is 5.85. The van der Waals surface area contributed by atoms with Gasteiger partial charge in [-0.25, -0.2) is 0 Å². The van der Waals surface area contributed by atoms with Gasteiger partial charge in [0.15, 0.2) is 5.78 Å². The second kappa shape index (κ2) is 8.45. The predicted molar refractivity (Wildman–Crippen MR) is 110 cm³/mol. The molecular formula is C22H26N2O3S. The SMILES string of the molecule is COc1ccc(C(=O)C2CCN(CC(=O)N3CCc4sccc4C3)CC2)cc1. The van der Waals surface area contributed by atoms with Crippen LogP contribution in [0.25, 0.3) is 0 Å². The number of carbonyl (C=O) groups is 2. The zero-order chi connectivity index (χ0) is 19.5. The summed E-state index contributed by atoms with van der Waals surface area (Å²) in [6.07, 6.45) is 2.59. The Hall–Kier alpha value is -2.18. The Bertz CT molecular complexity index is 838. The van der Waals surface area contributed by atoms with Gasteiger partial charge in [0, 0.05) is 29.4 Å². The minimum Gasteiger partial charge on any atom is -0.497 e. The van der Waals surface area contributed by atoms with Gasteiger partial charge in [-0.15, -0.1) is 11.3 Å². The fraction of sp³-hybridized carbons (Fsp3) is 0.455. The van der Waals surface area contributed by atoms with Gasteiger partial charge in [-0.2, -0.15) is 0 Å². The van der Waals surface area contributed by atoms with Crippen LogP contribution in [0.5, 0.6) is 5.75 Å². The minimum atomic E-state index is 0.0445. The van der Waals surface area contributed by atoms with Crippen LogP contribution in [-0.2, 0) is 17.8 Å². The number of benzene rings is 1. The molecule has 0 aliphatic carbocycles. The molecule has 0 atom stereocenters. The van der Waals surface area contributed by atoms with E-state index in [1.54, 1.807) is 18.4 Å². The van der Waals surface area contributed by atoms with Crippen molar-refractivity contribution in [1.29, 1.82) is 0 Å². The number of piperidine rings is 1. The lowest BCUT2D eigenvalue weighted by Gasteiger charge is -2.33. The second-order valence-corrected chi connectivity index (χ2v) is 8.58. The fourth-order valence-electron chi connectivity index (χ4n) is 4.10. The number of ketones is 1. The van der Waals surface area contributed by atoms with E-state index in [4.69, 9.17) is 4.74 Å². The highest BCUT2D eigenvalue weighted by molar-refractivity contribution is 7.10. The van der Waals surface area contributed by atoms with Crippen LogP contribution in [0.2, 0.25) is 0 Å². The van der Waals surface area contributed by atoms with Gasteiger partial charge in [-0.1, -0.05) is 0 Å². The third kappa shape index (κ3) is 4.13. The molecule has 2 aliphatic rings. The van der Waals surface area contributed by atoms with Crippen molar-refractivity contribution in [2.24, 2.45) is 5.92 Å². The molecule has 6 heteroatoms. The molecule has 1 amide bonds. The van der Waals surface area contributed by atoms with Crippen LogP contribution in [0.15, 0.2) is 35.7 Å². The van der Waals surface area contributed by atoms with E-state index in [2.05, 4.69) is 16.3 Å². The number of hydrogen-bond donors (Lipinski definition) is 0. The maximum Gasteiger partial charge on any atom is 0.237 e. The number of methoxy groups -OCH3 is 1. The zero-order valence-corrected chi connectivity index (χ0v) is 17.0. The van der Waals surface area contributed by atoms with Gasteiger partial charge in [0.05, 0.1) is 13.7 Å². The van der Waals surface area contributed by atoms with Crippen molar-refractivity contribution in [2.45, 2.75) is 25.8 Å². The Morgan fingerprint density at radius 1 is 1.11 bits per heavy atom. The summed E-state index contributed by atoms with van der Waals surface area (Å²) >= 11 is 1.79. The molecule has 1 aromatic heterocycles. The number of hydrogen-bond acceptors (Lipinski definition) is 5. The van der Waals surface area contributed by atoms with Crippen molar-refractivity contribution >= 4 is 23.0 Å². The van der Waals surface area contributed by atoms with E-state index in [0.29, 0.717) is 6.54 Å². The Morgan fingerprint density at radius 2 is 1.86 bits per heavy atom. The first kappa shape index (κ1) is 19.2.